The van der Waals surface area contributed by atoms with Gasteiger partial charge in [-0.1, -0.05) is 30.7 Å². The normalized spacial score (nSPS) is 13.4. The van der Waals surface area contributed by atoms with Gasteiger partial charge in [-0.15, -0.1) is 0 Å². The molecule has 6 nitrogen and oxygen atoms in total. The van der Waals surface area contributed by atoms with E-state index in [1.807, 2.05) is 38.1 Å². The molecule has 0 unspecified atom stereocenters. The predicted molar refractivity (Wildman–Crippen MR) is 117 cm³/mol. The third kappa shape index (κ3) is 6.11. The number of carbonyl (C=O) groups excluding carboxylic acids is 1. The minimum Gasteiger partial charge on any atom is -0.494 e. The largest absolute Gasteiger partial charge is 0.494 e. The van der Waals surface area contributed by atoms with Crippen LogP contribution in [0.5, 0.6) is 5.75 Å². The number of sulfonamides is 1. The van der Waals surface area contributed by atoms with Gasteiger partial charge in [-0.05, 0) is 62.2 Å². The van der Waals surface area contributed by atoms with Gasteiger partial charge in [0.15, 0.2) is 0 Å². The van der Waals surface area contributed by atoms with Gasteiger partial charge >= 0.3 is 0 Å². The van der Waals surface area contributed by atoms with Crippen LogP contribution in [0.3, 0.4) is 0 Å². The molecule has 0 aliphatic heterocycles. The van der Waals surface area contributed by atoms with Crippen LogP contribution in [0.25, 0.3) is 0 Å². The van der Waals surface area contributed by atoms with E-state index >= 15 is 0 Å². The van der Waals surface area contributed by atoms with E-state index in [0.29, 0.717) is 23.7 Å². The topological polar surface area (TPSA) is 75.7 Å². The molecule has 0 aromatic heterocycles. The van der Waals surface area contributed by atoms with Crippen LogP contribution in [0.1, 0.15) is 38.8 Å². The van der Waals surface area contributed by atoms with Crippen LogP contribution >= 0.6 is 11.6 Å². The molecule has 2 rings (SSSR count). The highest BCUT2D eigenvalue weighted by molar-refractivity contribution is 7.92. The summed E-state index contributed by atoms with van der Waals surface area (Å²) >= 11 is 5.92. The van der Waals surface area contributed by atoms with Gasteiger partial charge in [-0.3, -0.25) is 9.10 Å². The van der Waals surface area contributed by atoms with Crippen LogP contribution in [0.4, 0.5) is 5.69 Å². The van der Waals surface area contributed by atoms with Crippen LogP contribution in [0.2, 0.25) is 5.02 Å². The molecule has 0 radical (unpaired) electrons. The molecule has 29 heavy (non-hydrogen) atoms. The highest BCUT2D eigenvalue weighted by Gasteiger charge is 2.32. The number of nitrogens with one attached hydrogen (secondary N) is 1. The molecule has 0 heterocycles. The molecule has 1 N–H and O–H groups in total. The first kappa shape index (κ1) is 23.0. The maximum Gasteiger partial charge on any atom is 0.244 e. The number of hydrogen-bond acceptors (Lipinski definition) is 4. The van der Waals surface area contributed by atoms with Crippen molar-refractivity contribution in [1.82, 2.24) is 5.32 Å². The maximum atomic E-state index is 13.0. The number of hydrogen-bond donors (Lipinski definition) is 1. The molecule has 0 spiro atoms. The van der Waals surface area contributed by atoms with Crippen LogP contribution < -0.4 is 14.4 Å². The molecule has 0 bridgehead atoms. The molecule has 1 amide bonds. The van der Waals surface area contributed by atoms with E-state index in [4.69, 9.17) is 16.3 Å². The maximum absolute atomic E-state index is 13.0. The first-order chi connectivity index (χ1) is 13.7. The van der Waals surface area contributed by atoms with Gasteiger partial charge in [0.25, 0.3) is 0 Å². The standard InChI is InChI=1S/C21H27ClN2O4S/c1-5-20(24(29(4,26)27)18-11-9-17(22)10-12-18)21(25)23-15(3)16-7-13-19(14-8-16)28-6-2/h7-15,20H,5-6H2,1-4H3,(H,23,25)/t15-,20-/m1/s1. The van der Waals surface area contributed by atoms with Gasteiger partial charge in [-0.2, -0.15) is 0 Å². The summed E-state index contributed by atoms with van der Waals surface area (Å²) in [5, 5.41) is 3.41. The summed E-state index contributed by atoms with van der Waals surface area (Å²) in [6, 6.07) is 12.7. The number of rotatable bonds is 9. The van der Waals surface area contributed by atoms with Gasteiger partial charge in [0, 0.05) is 5.02 Å². The van der Waals surface area contributed by atoms with Crippen molar-refractivity contribution in [3.05, 3.63) is 59.1 Å². The minimum atomic E-state index is -3.69. The number of anilines is 1. The second-order valence-electron chi connectivity index (χ2n) is 6.69. The highest BCUT2D eigenvalue weighted by Crippen LogP contribution is 2.25. The number of amides is 1. The summed E-state index contributed by atoms with van der Waals surface area (Å²) in [6.07, 6.45) is 1.41. The second-order valence-corrected chi connectivity index (χ2v) is 8.99. The van der Waals surface area contributed by atoms with Gasteiger partial charge < -0.3 is 10.1 Å². The molecule has 0 saturated carbocycles. The summed E-state index contributed by atoms with van der Waals surface area (Å²) in [4.78, 5) is 13.0. The Bertz CT molecular complexity index is 915. The Morgan fingerprint density at radius 3 is 2.17 bits per heavy atom. The van der Waals surface area contributed by atoms with E-state index in [1.165, 1.54) is 0 Å². The Labute approximate surface area is 177 Å². The average molecular weight is 439 g/mol. The zero-order valence-electron chi connectivity index (χ0n) is 17.1. The Balaban J connectivity index is 2.23. The Morgan fingerprint density at radius 1 is 1.10 bits per heavy atom. The molecule has 2 atom stereocenters. The summed E-state index contributed by atoms with van der Waals surface area (Å²) in [7, 11) is -3.69. The van der Waals surface area contributed by atoms with Crippen molar-refractivity contribution in [2.24, 2.45) is 0 Å². The summed E-state index contributed by atoms with van der Waals surface area (Å²) in [5.74, 6) is 0.390. The Kier molecular flexibility index (Phi) is 7.93. The van der Waals surface area contributed by atoms with E-state index in [0.717, 1.165) is 21.9 Å². The van der Waals surface area contributed by atoms with E-state index < -0.39 is 16.1 Å². The number of carbonyl (C=O) groups is 1. The summed E-state index contributed by atoms with van der Waals surface area (Å²) in [6.45, 7) is 6.12. The van der Waals surface area contributed by atoms with Crippen molar-refractivity contribution in [2.75, 3.05) is 17.2 Å². The molecule has 0 fully saturated rings. The number of benzene rings is 2. The van der Waals surface area contributed by atoms with E-state index in [1.54, 1.807) is 31.2 Å². The molecule has 158 valence electrons. The zero-order valence-corrected chi connectivity index (χ0v) is 18.6. The third-order valence-corrected chi connectivity index (χ3v) is 5.89. The van der Waals surface area contributed by atoms with Crippen molar-refractivity contribution in [2.45, 2.75) is 39.3 Å². The van der Waals surface area contributed by atoms with Gasteiger partial charge in [0.05, 0.1) is 24.6 Å². The van der Waals surface area contributed by atoms with Crippen molar-refractivity contribution in [3.8, 4) is 5.75 Å². The minimum absolute atomic E-state index is 0.293. The van der Waals surface area contributed by atoms with Crippen LogP contribution in [0.15, 0.2) is 48.5 Å². The molecule has 8 heteroatoms. The van der Waals surface area contributed by atoms with Crippen molar-refractivity contribution < 1.29 is 17.9 Å². The first-order valence-electron chi connectivity index (χ1n) is 9.45. The van der Waals surface area contributed by atoms with Crippen molar-refractivity contribution in [1.29, 1.82) is 0 Å². The van der Waals surface area contributed by atoms with Crippen LogP contribution in [-0.2, 0) is 14.8 Å². The molecule has 0 saturated heterocycles. The van der Waals surface area contributed by atoms with Gasteiger partial charge in [0.2, 0.25) is 15.9 Å². The van der Waals surface area contributed by atoms with E-state index in [9.17, 15) is 13.2 Å². The molecular formula is C21H27ClN2O4S. The smallest absolute Gasteiger partial charge is 0.244 e. The number of halogens is 1. The van der Waals surface area contributed by atoms with E-state index in [-0.39, 0.29) is 11.9 Å². The van der Waals surface area contributed by atoms with Crippen molar-refractivity contribution in [3.63, 3.8) is 0 Å². The lowest BCUT2D eigenvalue weighted by molar-refractivity contribution is -0.122. The van der Waals surface area contributed by atoms with Gasteiger partial charge in [-0.25, -0.2) is 8.42 Å². The number of nitrogens with zero attached hydrogens (tertiary/aromatic N) is 1. The fourth-order valence-electron chi connectivity index (χ4n) is 3.06. The van der Waals surface area contributed by atoms with Crippen LogP contribution in [0, 0.1) is 0 Å². The Hall–Kier alpha value is -2.25. The predicted octanol–water partition coefficient (Wildman–Crippen LogP) is 4.16. The first-order valence-corrected chi connectivity index (χ1v) is 11.7. The Morgan fingerprint density at radius 2 is 1.69 bits per heavy atom. The van der Waals surface area contributed by atoms with Crippen LogP contribution in [-0.4, -0.2) is 33.2 Å². The second kappa shape index (κ2) is 9.98. The number of ether oxygens (including phenoxy) is 1. The third-order valence-electron chi connectivity index (χ3n) is 4.46. The monoisotopic (exact) mass is 438 g/mol. The quantitative estimate of drug-likeness (QED) is 0.637. The summed E-state index contributed by atoms with van der Waals surface area (Å²) < 4.78 is 31.5. The lowest BCUT2D eigenvalue weighted by atomic mass is 10.1. The highest BCUT2D eigenvalue weighted by atomic mass is 35.5. The van der Waals surface area contributed by atoms with Gasteiger partial charge in [0.1, 0.15) is 11.8 Å². The molecule has 2 aromatic carbocycles. The zero-order chi connectivity index (χ0) is 21.6. The SMILES string of the molecule is CCOc1ccc([C@@H](C)NC(=O)[C@@H](CC)N(c2ccc(Cl)cc2)S(C)(=O)=O)cc1. The molecule has 0 aliphatic carbocycles. The average Bonchev–Trinajstić information content (AvgIpc) is 2.66. The lowest BCUT2D eigenvalue weighted by Crippen LogP contribution is -2.49. The fraction of sp³-hybridized carbons (Fsp3) is 0.381. The fourth-order valence-corrected chi connectivity index (χ4v) is 4.40. The molecule has 2 aromatic rings. The van der Waals surface area contributed by atoms with Crippen molar-refractivity contribution >= 4 is 33.2 Å². The summed E-state index contributed by atoms with van der Waals surface area (Å²) in [5.41, 5.74) is 1.29. The lowest BCUT2D eigenvalue weighted by Gasteiger charge is -2.31. The van der Waals surface area contributed by atoms with E-state index in [2.05, 4.69) is 5.32 Å². The molecule has 0 aliphatic rings. The molecular weight excluding hydrogens is 412 g/mol.